The van der Waals surface area contributed by atoms with Crippen molar-refractivity contribution in [3.05, 3.63) is 28.3 Å². The standard InChI is InChI=1S/C12H16N4O3/c1-15(2)7-3-6-13-12-14-10-5-4-9(16(17)18)8-11(10)19-12/h4-5,8H,3,6-7H2,1-2H3,(H,13,14). The third-order valence-electron chi connectivity index (χ3n) is 2.64. The maximum absolute atomic E-state index is 10.6. The molecule has 0 amide bonds. The normalized spacial score (nSPS) is 11.1. The molecule has 102 valence electrons. The van der Waals surface area contributed by atoms with Crippen LogP contribution in [-0.2, 0) is 0 Å². The number of rotatable bonds is 6. The zero-order valence-corrected chi connectivity index (χ0v) is 10.9. The summed E-state index contributed by atoms with van der Waals surface area (Å²) in [4.78, 5) is 16.5. The monoisotopic (exact) mass is 264 g/mol. The van der Waals surface area contributed by atoms with Gasteiger partial charge in [0, 0.05) is 12.6 Å². The second kappa shape index (κ2) is 5.66. The third kappa shape index (κ3) is 3.41. The lowest BCUT2D eigenvalue weighted by atomic mass is 10.3. The van der Waals surface area contributed by atoms with Crippen molar-refractivity contribution in [1.29, 1.82) is 0 Å². The van der Waals surface area contributed by atoms with Crippen molar-refractivity contribution in [2.45, 2.75) is 6.42 Å². The Hall–Kier alpha value is -2.15. The average molecular weight is 264 g/mol. The van der Waals surface area contributed by atoms with Gasteiger partial charge in [0.05, 0.1) is 11.0 Å². The van der Waals surface area contributed by atoms with Gasteiger partial charge in [0.25, 0.3) is 11.7 Å². The van der Waals surface area contributed by atoms with Gasteiger partial charge in [-0.15, -0.1) is 0 Å². The summed E-state index contributed by atoms with van der Waals surface area (Å²) < 4.78 is 5.43. The van der Waals surface area contributed by atoms with Gasteiger partial charge in [-0.3, -0.25) is 10.1 Å². The van der Waals surface area contributed by atoms with E-state index in [1.165, 1.54) is 12.1 Å². The summed E-state index contributed by atoms with van der Waals surface area (Å²) in [5.41, 5.74) is 1.04. The van der Waals surface area contributed by atoms with Crippen molar-refractivity contribution < 1.29 is 9.34 Å². The average Bonchev–Trinajstić information content (AvgIpc) is 2.75. The van der Waals surface area contributed by atoms with E-state index in [2.05, 4.69) is 15.2 Å². The summed E-state index contributed by atoms with van der Waals surface area (Å²) in [6, 6.07) is 4.78. The Bertz CT molecular complexity index is 579. The molecule has 0 saturated heterocycles. The number of nitrogens with one attached hydrogen (secondary N) is 1. The fourth-order valence-electron chi connectivity index (χ4n) is 1.69. The molecule has 1 heterocycles. The Morgan fingerprint density at radius 3 is 2.95 bits per heavy atom. The van der Waals surface area contributed by atoms with Crippen molar-refractivity contribution in [2.75, 3.05) is 32.5 Å². The van der Waals surface area contributed by atoms with Crippen LogP contribution in [0.25, 0.3) is 11.1 Å². The highest BCUT2D eigenvalue weighted by molar-refractivity contribution is 5.77. The van der Waals surface area contributed by atoms with Gasteiger partial charge >= 0.3 is 0 Å². The van der Waals surface area contributed by atoms with Gasteiger partial charge in [0.1, 0.15) is 5.52 Å². The fraction of sp³-hybridized carbons (Fsp3) is 0.417. The molecule has 2 rings (SSSR count). The van der Waals surface area contributed by atoms with Crippen molar-refractivity contribution >= 4 is 22.8 Å². The molecule has 0 fully saturated rings. The van der Waals surface area contributed by atoms with E-state index < -0.39 is 4.92 Å². The van der Waals surface area contributed by atoms with E-state index in [-0.39, 0.29) is 5.69 Å². The van der Waals surface area contributed by atoms with Crippen LogP contribution >= 0.6 is 0 Å². The minimum Gasteiger partial charge on any atom is -0.423 e. The van der Waals surface area contributed by atoms with Crippen LogP contribution in [0.2, 0.25) is 0 Å². The summed E-state index contributed by atoms with van der Waals surface area (Å²) in [5, 5.41) is 13.7. The fourth-order valence-corrected chi connectivity index (χ4v) is 1.69. The Balaban J connectivity index is 2.03. The molecule has 0 bridgehead atoms. The molecule has 1 aromatic carbocycles. The summed E-state index contributed by atoms with van der Waals surface area (Å²) in [7, 11) is 4.02. The molecule has 7 nitrogen and oxygen atoms in total. The number of fused-ring (bicyclic) bond motifs is 1. The van der Waals surface area contributed by atoms with Crippen LogP contribution in [0.3, 0.4) is 0 Å². The van der Waals surface area contributed by atoms with Gasteiger partial charge in [-0.1, -0.05) is 0 Å². The van der Waals surface area contributed by atoms with E-state index in [9.17, 15) is 10.1 Å². The van der Waals surface area contributed by atoms with E-state index in [0.29, 0.717) is 17.1 Å². The number of benzene rings is 1. The number of nitrogens with zero attached hydrogens (tertiary/aromatic N) is 3. The van der Waals surface area contributed by atoms with Crippen LogP contribution < -0.4 is 5.32 Å². The second-order valence-electron chi connectivity index (χ2n) is 4.51. The van der Waals surface area contributed by atoms with Gasteiger partial charge in [-0.25, -0.2) is 0 Å². The quantitative estimate of drug-likeness (QED) is 0.488. The molecule has 0 aliphatic rings. The highest BCUT2D eigenvalue weighted by Crippen LogP contribution is 2.23. The Kier molecular flexibility index (Phi) is 3.96. The van der Waals surface area contributed by atoms with Crippen LogP contribution in [0.15, 0.2) is 22.6 Å². The van der Waals surface area contributed by atoms with Crippen molar-refractivity contribution in [2.24, 2.45) is 0 Å². The van der Waals surface area contributed by atoms with Crippen LogP contribution in [-0.4, -0.2) is 42.0 Å². The summed E-state index contributed by atoms with van der Waals surface area (Å²) in [5.74, 6) is 0. The lowest BCUT2D eigenvalue weighted by Crippen LogP contribution is -2.16. The topological polar surface area (TPSA) is 84.4 Å². The molecule has 1 aromatic heterocycles. The van der Waals surface area contributed by atoms with Crippen molar-refractivity contribution in [3.8, 4) is 0 Å². The summed E-state index contributed by atoms with van der Waals surface area (Å²) >= 11 is 0. The highest BCUT2D eigenvalue weighted by atomic mass is 16.6. The number of hydrogen-bond donors (Lipinski definition) is 1. The van der Waals surface area contributed by atoms with E-state index in [4.69, 9.17) is 4.42 Å². The molecule has 0 saturated carbocycles. The molecule has 0 atom stereocenters. The number of nitro benzene ring substituents is 1. The SMILES string of the molecule is CN(C)CCCNc1nc2ccc([N+](=O)[O-])cc2o1. The van der Waals surface area contributed by atoms with E-state index in [0.717, 1.165) is 19.5 Å². The third-order valence-corrected chi connectivity index (χ3v) is 2.64. The number of hydrogen-bond acceptors (Lipinski definition) is 6. The van der Waals surface area contributed by atoms with Gasteiger partial charge in [0.15, 0.2) is 5.58 Å². The largest absolute Gasteiger partial charge is 0.423 e. The number of non-ortho nitro benzene ring substituents is 1. The van der Waals surface area contributed by atoms with Gasteiger partial charge < -0.3 is 14.6 Å². The van der Waals surface area contributed by atoms with Gasteiger partial charge in [-0.05, 0) is 33.1 Å². The molecule has 0 radical (unpaired) electrons. The Morgan fingerprint density at radius 1 is 1.47 bits per heavy atom. The number of oxazole rings is 1. The molecule has 19 heavy (non-hydrogen) atoms. The number of anilines is 1. The highest BCUT2D eigenvalue weighted by Gasteiger charge is 2.11. The first-order chi connectivity index (χ1) is 9.06. The predicted molar refractivity (Wildman–Crippen MR) is 72.3 cm³/mol. The minimum absolute atomic E-state index is 0.00260. The zero-order chi connectivity index (χ0) is 13.8. The molecular weight excluding hydrogens is 248 g/mol. The molecule has 1 N–H and O–H groups in total. The molecule has 0 spiro atoms. The molecule has 0 aliphatic heterocycles. The maximum Gasteiger partial charge on any atom is 0.295 e. The van der Waals surface area contributed by atoms with Gasteiger partial charge in [-0.2, -0.15) is 4.98 Å². The first-order valence-electron chi connectivity index (χ1n) is 6.00. The van der Waals surface area contributed by atoms with Crippen molar-refractivity contribution in [1.82, 2.24) is 9.88 Å². The summed E-state index contributed by atoms with van der Waals surface area (Å²) in [6.45, 7) is 1.71. The van der Waals surface area contributed by atoms with Gasteiger partial charge in [0.2, 0.25) is 0 Å². The first-order valence-corrected chi connectivity index (χ1v) is 6.00. The minimum atomic E-state index is -0.452. The van der Waals surface area contributed by atoms with E-state index in [1.807, 2.05) is 14.1 Å². The van der Waals surface area contributed by atoms with Crippen LogP contribution in [0.5, 0.6) is 0 Å². The Morgan fingerprint density at radius 2 is 2.26 bits per heavy atom. The maximum atomic E-state index is 10.6. The predicted octanol–water partition coefficient (Wildman–Crippen LogP) is 2.10. The van der Waals surface area contributed by atoms with E-state index in [1.54, 1.807) is 6.07 Å². The number of aromatic nitrogens is 1. The first kappa shape index (κ1) is 13.3. The van der Waals surface area contributed by atoms with Crippen LogP contribution in [0.1, 0.15) is 6.42 Å². The molecular formula is C12H16N4O3. The second-order valence-corrected chi connectivity index (χ2v) is 4.51. The van der Waals surface area contributed by atoms with E-state index >= 15 is 0 Å². The van der Waals surface area contributed by atoms with Crippen LogP contribution in [0.4, 0.5) is 11.7 Å². The molecule has 0 aliphatic carbocycles. The Labute approximate surface area is 110 Å². The molecule has 0 unspecified atom stereocenters. The lowest BCUT2D eigenvalue weighted by Gasteiger charge is -2.08. The zero-order valence-electron chi connectivity index (χ0n) is 10.9. The summed E-state index contributed by atoms with van der Waals surface area (Å²) in [6.07, 6.45) is 0.964. The molecule has 2 aromatic rings. The lowest BCUT2D eigenvalue weighted by molar-refractivity contribution is -0.384. The number of nitro groups is 1. The van der Waals surface area contributed by atoms with Crippen LogP contribution in [0, 0.1) is 10.1 Å². The smallest absolute Gasteiger partial charge is 0.295 e. The molecule has 7 heteroatoms. The van der Waals surface area contributed by atoms with Crippen molar-refractivity contribution in [3.63, 3.8) is 0 Å².